The highest BCUT2D eigenvalue weighted by Gasteiger charge is 2.14. The first-order valence-electron chi connectivity index (χ1n) is 4.36. The summed E-state index contributed by atoms with van der Waals surface area (Å²) >= 11 is 5.75. The van der Waals surface area contributed by atoms with Crippen LogP contribution in [0.4, 0.5) is 8.78 Å². The average Bonchev–Trinajstić information content (AvgIpc) is 2.28. The van der Waals surface area contributed by atoms with E-state index in [1.807, 2.05) is 0 Å². The first-order valence-corrected chi connectivity index (χ1v) is 4.74. The topological polar surface area (TPSA) is 38.7 Å². The number of alkyl halides is 2. The fourth-order valence-corrected chi connectivity index (χ4v) is 1.45. The Balaban J connectivity index is 2.71. The van der Waals surface area contributed by atoms with Crippen molar-refractivity contribution in [3.8, 4) is 0 Å². The molecule has 0 aromatic carbocycles. The Bertz CT molecular complexity index is 557. The summed E-state index contributed by atoms with van der Waals surface area (Å²) in [6, 6.07) is 3.17. The van der Waals surface area contributed by atoms with Crippen molar-refractivity contribution in [2.45, 2.75) is 6.43 Å². The zero-order valence-electron chi connectivity index (χ0n) is 7.99. The van der Waals surface area contributed by atoms with Gasteiger partial charge in [-0.15, -0.1) is 0 Å². The summed E-state index contributed by atoms with van der Waals surface area (Å²) < 4.78 is 24.8. The molecule has 2 heterocycles. The highest BCUT2D eigenvalue weighted by atomic mass is 35.5. The van der Waals surface area contributed by atoms with Crippen molar-refractivity contribution < 1.29 is 8.78 Å². The minimum Gasteiger partial charge on any atom is -0.244 e. The van der Waals surface area contributed by atoms with E-state index in [0.717, 1.165) is 0 Å². The molecular weight excluding hydrogens is 236 g/mol. The third-order valence-corrected chi connectivity index (χ3v) is 2.21. The van der Waals surface area contributed by atoms with Crippen molar-refractivity contribution in [1.29, 1.82) is 0 Å². The van der Waals surface area contributed by atoms with E-state index in [2.05, 4.69) is 21.5 Å². The van der Waals surface area contributed by atoms with Gasteiger partial charge in [0.1, 0.15) is 5.52 Å². The lowest BCUT2D eigenvalue weighted by Gasteiger charge is -2.03. The molecule has 82 valence electrons. The average molecular weight is 242 g/mol. The third-order valence-electron chi connectivity index (χ3n) is 1.94. The summed E-state index contributed by atoms with van der Waals surface area (Å²) in [4.78, 5) is 11.2. The standard InChI is InChI=1S/C10H6ClF2N3/c1-2-5-3-4-6-7(14-5)8(11)16-10(15-6)9(12)13/h2-4,9H,1H2. The largest absolute Gasteiger partial charge is 0.297 e. The molecule has 0 aliphatic rings. The van der Waals surface area contributed by atoms with Crippen LogP contribution >= 0.6 is 11.6 Å². The molecule has 0 aliphatic carbocycles. The number of hydrogen-bond acceptors (Lipinski definition) is 3. The molecule has 0 unspecified atom stereocenters. The Kier molecular flexibility index (Phi) is 2.78. The summed E-state index contributed by atoms with van der Waals surface area (Å²) in [5, 5.41) is -0.0796. The first kappa shape index (κ1) is 10.9. The van der Waals surface area contributed by atoms with Crippen molar-refractivity contribution in [2.24, 2.45) is 0 Å². The molecule has 0 bridgehead atoms. The van der Waals surface area contributed by atoms with Gasteiger partial charge in [0.2, 0.25) is 0 Å². The second kappa shape index (κ2) is 4.09. The third kappa shape index (κ3) is 1.86. The molecular formula is C10H6ClF2N3. The Labute approximate surface area is 94.8 Å². The van der Waals surface area contributed by atoms with Crippen LogP contribution in [-0.2, 0) is 0 Å². The van der Waals surface area contributed by atoms with E-state index in [1.54, 1.807) is 12.1 Å². The van der Waals surface area contributed by atoms with E-state index in [-0.39, 0.29) is 5.15 Å². The molecule has 3 nitrogen and oxygen atoms in total. The maximum Gasteiger partial charge on any atom is 0.297 e. The first-order chi connectivity index (χ1) is 7.61. The van der Waals surface area contributed by atoms with Crippen molar-refractivity contribution in [3.63, 3.8) is 0 Å². The van der Waals surface area contributed by atoms with Gasteiger partial charge in [0.25, 0.3) is 6.43 Å². The summed E-state index contributed by atoms with van der Waals surface area (Å²) in [6.45, 7) is 3.55. The van der Waals surface area contributed by atoms with Crippen molar-refractivity contribution in [2.75, 3.05) is 0 Å². The summed E-state index contributed by atoms with van der Waals surface area (Å²) in [7, 11) is 0. The summed E-state index contributed by atoms with van der Waals surface area (Å²) in [6.07, 6.45) is -1.22. The van der Waals surface area contributed by atoms with Crippen LogP contribution in [0, 0.1) is 0 Å². The van der Waals surface area contributed by atoms with Crippen LogP contribution in [0.5, 0.6) is 0 Å². The van der Waals surface area contributed by atoms with Gasteiger partial charge in [-0.3, -0.25) is 0 Å². The lowest BCUT2D eigenvalue weighted by molar-refractivity contribution is 0.141. The van der Waals surface area contributed by atoms with Crippen LogP contribution in [0.15, 0.2) is 18.7 Å². The van der Waals surface area contributed by atoms with Gasteiger partial charge >= 0.3 is 0 Å². The number of pyridine rings is 1. The van der Waals surface area contributed by atoms with E-state index in [9.17, 15) is 8.78 Å². The highest BCUT2D eigenvalue weighted by molar-refractivity contribution is 6.33. The van der Waals surface area contributed by atoms with Gasteiger partial charge in [-0.25, -0.2) is 23.7 Å². The van der Waals surface area contributed by atoms with Gasteiger partial charge in [-0.1, -0.05) is 18.2 Å². The molecule has 2 aromatic heterocycles. The molecule has 16 heavy (non-hydrogen) atoms. The minimum atomic E-state index is -2.75. The molecule has 2 aromatic rings. The van der Waals surface area contributed by atoms with Crippen molar-refractivity contribution in [1.82, 2.24) is 15.0 Å². The van der Waals surface area contributed by atoms with E-state index >= 15 is 0 Å². The SMILES string of the molecule is C=Cc1ccc2nc(C(F)F)nc(Cl)c2n1. The van der Waals surface area contributed by atoms with Crippen molar-refractivity contribution in [3.05, 3.63) is 35.4 Å². The predicted molar refractivity (Wildman–Crippen MR) is 57.4 cm³/mol. The normalized spacial score (nSPS) is 11.0. The summed E-state index contributed by atoms with van der Waals surface area (Å²) in [5.41, 5.74) is 1.17. The lowest BCUT2D eigenvalue weighted by atomic mass is 10.3. The summed E-state index contributed by atoms with van der Waals surface area (Å²) in [5.74, 6) is -0.592. The fourth-order valence-electron chi connectivity index (χ4n) is 1.22. The van der Waals surface area contributed by atoms with E-state index in [1.165, 1.54) is 6.08 Å². The second-order valence-corrected chi connectivity index (χ2v) is 3.34. The molecule has 0 aliphatic heterocycles. The Hall–Kier alpha value is -1.62. The predicted octanol–water partition coefficient (Wildman–Crippen LogP) is 3.26. The molecule has 6 heteroatoms. The molecule has 0 fully saturated rings. The number of halogens is 3. The van der Waals surface area contributed by atoms with Crippen LogP contribution < -0.4 is 0 Å². The quantitative estimate of drug-likeness (QED) is 0.758. The number of rotatable bonds is 2. The van der Waals surface area contributed by atoms with Gasteiger partial charge < -0.3 is 0 Å². The Morgan fingerprint density at radius 2 is 2.00 bits per heavy atom. The monoisotopic (exact) mass is 241 g/mol. The molecule has 0 radical (unpaired) electrons. The zero-order valence-corrected chi connectivity index (χ0v) is 8.75. The van der Waals surface area contributed by atoms with Crippen molar-refractivity contribution >= 4 is 28.7 Å². The number of nitrogens with zero attached hydrogens (tertiary/aromatic N) is 3. The molecule has 2 rings (SSSR count). The molecule has 0 atom stereocenters. The fraction of sp³-hybridized carbons (Fsp3) is 0.100. The maximum atomic E-state index is 12.4. The van der Waals surface area contributed by atoms with E-state index in [4.69, 9.17) is 11.6 Å². The van der Waals surface area contributed by atoms with Crippen LogP contribution in [-0.4, -0.2) is 15.0 Å². The number of hydrogen-bond donors (Lipinski definition) is 0. The number of fused-ring (bicyclic) bond motifs is 1. The molecule has 0 spiro atoms. The van der Waals surface area contributed by atoms with Gasteiger partial charge in [0.05, 0.1) is 11.2 Å². The number of aromatic nitrogens is 3. The maximum absolute atomic E-state index is 12.4. The molecule has 0 saturated carbocycles. The van der Waals surface area contributed by atoms with E-state index < -0.39 is 12.2 Å². The minimum absolute atomic E-state index is 0.0796. The zero-order chi connectivity index (χ0) is 11.7. The van der Waals surface area contributed by atoms with Gasteiger partial charge in [0, 0.05) is 0 Å². The smallest absolute Gasteiger partial charge is 0.244 e. The molecule has 0 N–H and O–H groups in total. The highest BCUT2D eigenvalue weighted by Crippen LogP contribution is 2.23. The van der Waals surface area contributed by atoms with Gasteiger partial charge in [-0.2, -0.15) is 0 Å². The Morgan fingerprint density at radius 3 is 2.62 bits per heavy atom. The lowest BCUT2D eigenvalue weighted by Crippen LogP contribution is -1.98. The molecule has 0 amide bonds. The van der Waals surface area contributed by atoms with Crippen LogP contribution in [0.25, 0.3) is 17.1 Å². The van der Waals surface area contributed by atoms with Crippen LogP contribution in [0.2, 0.25) is 5.15 Å². The van der Waals surface area contributed by atoms with Crippen LogP contribution in [0.3, 0.4) is 0 Å². The van der Waals surface area contributed by atoms with Gasteiger partial charge in [-0.05, 0) is 18.2 Å². The van der Waals surface area contributed by atoms with E-state index in [0.29, 0.717) is 16.7 Å². The van der Waals surface area contributed by atoms with Gasteiger partial charge in [0.15, 0.2) is 11.0 Å². The molecule has 0 saturated heterocycles. The second-order valence-electron chi connectivity index (χ2n) is 2.98. The Morgan fingerprint density at radius 1 is 1.25 bits per heavy atom. The van der Waals surface area contributed by atoms with Crippen LogP contribution in [0.1, 0.15) is 17.9 Å².